The van der Waals surface area contributed by atoms with Gasteiger partial charge in [-0.1, -0.05) is 12.8 Å². The minimum absolute atomic E-state index is 0.637. The van der Waals surface area contributed by atoms with Crippen LogP contribution in [0, 0.1) is 0 Å². The molecule has 1 aliphatic heterocycles. The number of nitrogens with zero attached hydrogens (tertiary/aromatic N) is 2. The molecule has 1 aliphatic rings. The second kappa shape index (κ2) is 6.38. The Kier molecular flexibility index (Phi) is 5.45. The average Bonchev–Trinajstić information content (AvgIpc) is 2.38. The summed E-state index contributed by atoms with van der Waals surface area (Å²) in [7, 11) is 4.27. The summed E-state index contributed by atoms with van der Waals surface area (Å²) < 4.78 is 0. The first-order chi connectivity index (χ1) is 6.74. The van der Waals surface area contributed by atoms with E-state index in [1.54, 1.807) is 0 Å². The van der Waals surface area contributed by atoms with E-state index in [0.29, 0.717) is 6.04 Å². The summed E-state index contributed by atoms with van der Waals surface area (Å²) in [4.78, 5) is 4.82. The second-order valence-electron chi connectivity index (χ2n) is 4.58. The molecule has 1 unspecified atom stereocenters. The largest absolute Gasteiger partial charge is 0.329 e. The zero-order chi connectivity index (χ0) is 10.4. The van der Waals surface area contributed by atoms with E-state index in [1.807, 2.05) is 0 Å². The van der Waals surface area contributed by atoms with Crippen molar-refractivity contribution in [3.8, 4) is 0 Å². The molecule has 14 heavy (non-hydrogen) atoms. The Balaban J connectivity index is 2.36. The van der Waals surface area contributed by atoms with E-state index in [-0.39, 0.29) is 0 Å². The van der Waals surface area contributed by atoms with Gasteiger partial charge in [-0.05, 0) is 33.5 Å². The molecule has 0 spiro atoms. The summed E-state index contributed by atoms with van der Waals surface area (Å²) in [6, 6.07) is 0.637. The Morgan fingerprint density at radius 1 is 1.29 bits per heavy atom. The maximum atomic E-state index is 5.81. The maximum absolute atomic E-state index is 5.81. The van der Waals surface area contributed by atoms with Crippen LogP contribution in [0.5, 0.6) is 0 Å². The molecule has 0 aromatic carbocycles. The van der Waals surface area contributed by atoms with Crippen LogP contribution in [0.15, 0.2) is 0 Å². The first kappa shape index (κ1) is 12.0. The minimum Gasteiger partial charge on any atom is -0.329 e. The minimum atomic E-state index is 0.637. The first-order valence-electron chi connectivity index (χ1n) is 5.83. The van der Waals surface area contributed by atoms with Crippen molar-refractivity contribution in [1.29, 1.82) is 0 Å². The van der Waals surface area contributed by atoms with Crippen LogP contribution in [0.25, 0.3) is 0 Å². The molecular formula is C11H25N3. The summed E-state index contributed by atoms with van der Waals surface area (Å²) >= 11 is 0. The van der Waals surface area contributed by atoms with Gasteiger partial charge in [0.2, 0.25) is 0 Å². The van der Waals surface area contributed by atoms with Gasteiger partial charge in [-0.3, -0.25) is 4.90 Å². The predicted octanol–water partition coefficient (Wildman–Crippen LogP) is 0.751. The molecule has 0 aliphatic carbocycles. The van der Waals surface area contributed by atoms with Crippen LogP contribution in [0.1, 0.15) is 25.7 Å². The number of likely N-dealkylation sites (tertiary alicyclic amines) is 1. The Bertz CT molecular complexity index is 147. The van der Waals surface area contributed by atoms with Gasteiger partial charge in [0.15, 0.2) is 0 Å². The summed E-state index contributed by atoms with van der Waals surface area (Å²) in [5.74, 6) is 0. The number of hydrogen-bond donors (Lipinski definition) is 1. The number of hydrogen-bond acceptors (Lipinski definition) is 3. The lowest BCUT2D eigenvalue weighted by Gasteiger charge is -2.29. The monoisotopic (exact) mass is 199 g/mol. The van der Waals surface area contributed by atoms with Gasteiger partial charge in [0.05, 0.1) is 0 Å². The molecular weight excluding hydrogens is 174 g/mol. The quantitative estimate of drug-likeness (QED) is 0.725. The Labute approximate surface area is 88.2 Å². The molecule has 0 aromatic heterocycles. The second-order valence-corrected chi connectivity index (χ2v) is 4.58. The van der Waals surface area contributed by atoms with Crippen LogP contribution in [0.3, 0.4) is 0 Å². The third-order valence-corrected chi connectivity index (χ3v) is 3.11. The van der Waals surface area contributed by atoms with Crippen molar-refractivity contribution >= 4 is 0 Å². The fraction of sp³-hybridized carbons (Fsp3) is 1.00. The molecule has 0 radical (unpaired) electrons. The fourth-order valence-electron chi connectivity index (χ4n) is 2.13. The van der Waals surface area contributed by atoms with E-state index >= 15 is 0 Å². The van der Waals surface area contributed by atoms with Gasteiger partial charge in [-0.25, -0.2) is 0 Å². The molecule has 0 saturated carbocycles. The molecule has 3 heteroatoms. The van der Waals surface area contributed by atoms with Crippen LogP contribution in [0.4, 0.5) is 0 Å². The van der Waals surface area contributed by atoms with Gasteiger partial charge < -0.3 is 10.6 Å². The molecule has 1 heterocycles. The van der Waals surface area contributed by atoms with Crippen molar-refractivity contribution < 1.29 is 0 Å². The third kappa shape index (κ3) is 3.95. The van der Waals surface area contributed by atoms with Gasteiger partial charge in [-0.15, -0.1) is 0 Å². The van der Waals surface area contributed by atoms with E-state index < -0.39 is 0 Å². The fourth-order valence-corrected chi connectivity index (χ4v) is 2.13. The molecule has 84 valence electrons. The third-order valence-electron chi connectivity index (χ3n) is 3.11. The van der Waals surface area contributed by atoms with E-state index in [4.69, 9.17) is 5.73 Å². The highest BCUT2D eigenvalue weighted by Crippen LogP contribution is 2.15. The number of likely N-dealkylation sites (N-methyl/N-ethyl adjacent to an activating group) is 1. The van der Waals surface area contributed by atoms with Gasteiger partial charge in [-0.2, -0.15) is 0 Å². The van der Waals surface area contributed by atoms with Crippen LogP contribution >= 0.6 is 0 Å². The van der Waals surface area contributed by atoms with E-state index in [0.717, 1.165) is 13.1 Å². The van der Waals surface area contributed by atoms with Gasteiger partial charge in [0.1, 0.15) is 0 Å². The molecule has 1 atom stereocenters. The highest BCUT2D eigenvalue weighted by atomic mass is 15.2. The lowest BCUT2D eigenvalue weighted by molar-refractivity contribution is 0.185. The predicted molar refractivity (Wildman–Crippen MR) is 61.4 cm³/mol. The summed E-state index contributed by atoms with van der Waals surface area (Å²) in [6.07, 6.45) is 5.39. The van der Waals surface area contributed by atoms with E-state index in [9.17, 15) is 0 Å². The SMILES string of the molecule is CN(C)CCN1CCCCCC1CN. The van der Waals surface area contributed by atoms with Crippen molar-refractivity contribution in [2.45, 2.75) is 31.7 Å². The zero-order valence-corrected chi connectivity index (χ0v) is 9.71. The van der Waals surface area contributed by atoms with E-state index in [2.05, 4.69) is 23.9 Å². The van der Waals surface area contributed by atoms with Gasteiger partial charge in [0, 0.05) is 25.7 Å². The van der Waals surface area contributed by atoms with Crippen LogP contribution in [-0.2, 0) is 0 Å². The maximum Gasteiger partial charge on any atom is 0.0218 e. The standard InChI is InChI=1S/C11H25N3/c1-13(2)8-9-14-7-5-3-4-6-11(14)10-12/h11H,3-10,12H2,1-2H3. The first-order valence-corrected chi connectivity index (χ1v) is 5.83. The topological polar surface area (TPSA) is 32.5 Å². The van der Waals surface area contributed by atoms with Gasteiger partial charge in [0.25, 0.3) is 0 Å². The number of nitrogens with two attached hydrogens (primary N) is 1. The van der Waals surface area contributed by atoms with Crippen molar-refractivity contribution in [2.24, 2.45) is 5.73 Å². The normalized spacial score (nSPS) is 25.3. The molecule has 1 rings (SSSR count). The Morgan fingerprint density at radius 3 is 2.71 bits per heavy atom. The van der Waals surface area contributed by atoms with Crippen molar-refractivity contribution in [1.82, 2.24) is 9.80 Å². The molecule has 2 N–H and O–H groups in total. The Morgan fingerprint density at radius 2 is 2.07 bits per heavy atom. The zero-order valence-electron chi connectivity index (χ0n) is 9.71. The molecule has 1 saturated heterocycles. The molecule has 0 amide bonds. The molecule has 0 bridgehead atoms. The molecule has 1 fully saturated rings. The van der Waals surface area contributed by atoms with Crippen molar-refractivity contribution in [2.75, 3.05) is 40.3 Å². The number of rotatable bonds is 4. The van der Waals surface area contributed by atoms with Crippen LogP contribution < -0.4 is 5.73 Å². The summed E-state index contributed by atoms with van der Waals surface area (Å²) in [6.45, 7) is 4.40. The molecule has 3 nitrogen and oxygen atoms in total. The van der Waals surface area contributed by atoms with Crippen molar-refractivity contribution in [3.05, 3.63) is 0 Å². The highest BCUT2D eigenvalue weighted by molar-refractivity contribution is 4.76. The lowest BCUT2D eigenvalue weighted by Crippen LogP contribution is -2.43. The lowest BCUT2D eigenvalue weighted by atomic mass is 10.1. The average molecular weight is 199 g/mol. The summed E-state index contributed by atoms with van der Waals surface area (Å²) in [5.41, 5.74) is 5.81. The smallest absolute Gasteiger partial charge is 0.0218 e. The van der Waals surface area contributed by atoms with Crippen molar-refractivity contribution in [3.63, 3.8) is 0 Å². The van der Waals surface area contributed by atoms with Crippen LogP contribution in [-0.4, -0.2) is 56.1 Å². The van der Waals surface area contributed by atoms with Gasteiger partial charge >= 0.3 is 0 Å². The summed E-state index contributed by atoms with van der Waals surface area (Å²) in [5, 5.41) is 0. The molecule has 0 aromatic rings. The van der Waals surface area contributed by atoms with E-state index in [1.165, 1.54) is 38.8 Å². The van der Waals surface area contributed by atoms with Crippen LogP contribution in [0.2, 0.25) is 0 Å². The highest BCUT2D eigenvalue weighted by Gasteiger charge is 2.18. The Hall–Kier alpha value is -0.120.